The van der Waals surface area contributed by atoms with Crippen LogP contribution in [-0.4, -0.2) is 41.6 Å². The van der Waals surface area contributed by atoms with Crippen LogP contribution >= 0.6 is 0 Å². The summed E-state index contributed by atoms with van der Waals surface area (Å²) >= 11 is 0. The minimum Gasteiger partial charge on any atom is -0.293 e. The fraction of sp³-hybridized carbons (Fsp3) is 0.933. The molecule has 14 heteroatoms. The summed E-state index contributed by atoms with van der Waals surface area (Å²) in [5.74, 6) is -40.8. The number of halogens is 13. The second-order valence-corrected chi connectivity index (χ2v) is 6.31. The van der Waals surface area contributed by atoms with Gasteiger partial charge in [0.05, 0.1) is 0 Å². The molecular weight excluding hydrogens is 443 g/mol. The Kier molecular flexibility index (Phi) is 8.48. The summed E-state index contributed by atoms with van der Waals surface area (Å²) in [5.41, 5.74) is 0. The van der Waals surface area contributed by atoms with Crippen LogP contribution in [0.5, 0.6) is 0 Å². The second-order valence-electron chi connectivity index (χ2n) is 6.31. The Morgan fingerprint density at radius 1 is 0.552 bits per heavy atom. The van der Waals surface area contributed by atoms with E-state index < -0.39 is 54.4 Å². The Morgan fingerprint density at radius 3 is 1.34 bits per heavy atom. The van der Waals surface area contributed by atoms with Crippen molar-refractivity contribution in [1.82, 2.24) is 0 Å². The Balaban J connectivity index is 5.62. The zero-order valence-corrected chi connectivity index (χ0v) is 14.8. The third-order valence-electron chi connectivity index (χ3n) is 4.04. The molecule has 29 heavy (non-hydrogen) atoms. The van der Waals surface area contributed by atoms with Crippen molar-refractivity contribution in [3.8, 4) is 0 Å². The van der Waals surface area contributed by atoms with Gasteiger partial charge in [-0.15, -0.1) is 0 Å². The van der Waals surface area contributed by atoms with E-state index in [-0.39, 0.29) is 6.42 Å². The van der Waals surface area contributed by atoms with Crippen molar-refractivity contribution in [2.75, 3.05) is 0 Å². The third-order valence-corrected chi connectivity index (χ3v) is 4.04. The van der Waals surface area contributed by atoms with Crippen molar-refractivity contribution >= 4 is 5.78 Å². The maximum Gasteiger partial charge on any atom is 0.460 e. The van der Waals surface area contributed by atoms with E-state index in [0.717, 1.165) is 6.42 Å². The first-order valence-electron chi connectivity index (χ1n) is 8.22. The lowest BCUT2D eigenvalue weighted by molar-refractivity contribution is -0.436. The second kappa shape index (κ2) is 8.86. The normalized spacial score (nSPS) is 15.0. The summed E-state index contributed by atoms with van der Waals surface area (Å²) in [5, 5.41) is 0. The number of carbonyl (C=O) groups is 1. The zero-order valence-electron chi connectivity index (χ0n) is 14.8. The molecule has 0 aromatic heterocycles. The smallest absolute Gasteiger partial charge is 0.293 e. The van der Waals surface area contributed by atoms with E-state index >= 15 is 0 Å². The molecule has 0 atom stereocenters. The topological polar surface area (TPSA) is 17.1 Å². The van der Waals surface area contributed by atoms with Crippen LogP contribution in [-0.2, 0) is 4.79 Å². The van der Waals surface area contributed by atoms with E-state index in [9.17, 15) is 61.9 Å². The first-order chi connectivity index (χ1) is 12.7. The van der Waals surface area contributed by atoms with Crippen molar-refractivity contribution < 1.29 is 61.9 Å². The molecule has 0 aliphatic carbocycles. The molecule has 0 saturated heterocycles. The van der Waals surface area contributed by atoms with Crippen molar-refractivity contribution in [2.24, 2.45) is 0 Å². The summed E-state index contributed by atoms with van der Waals surface area (Å²) in [7, 11) is 0. The molecule has 0 aromatic rings. The van der Waals surface area contributed by atoms with E-state index in [1.165, 1.54) is 0 Å². The standard InChI is InChI=1S/C15H17F13O/c1-2-3-4-5-6-7-8-9(29)10(16,17)11(18,19)12(20,21)13(22,23)14(24,25)15(26,27)28/h2-8H2,1H3. The number of hydrogen-bond acceptors (Lipinski definition) is 1. The summed E-state index contributed by atoms with van der Waals surface area (Å²) in [6.45, 7) is 1.81. The molecule has 0 heterocycles. The van der Waals surface area contributed by atoms with Crippen LogP contribution < -0.4 is 0 Å². The molecule has 0 aliphatic rings. The van der Waals surface area contributed by atoms with Gasteiger partial charge in [0.15, 0.2) is 0 Å². The van der Waals surface area contributed by atoms with Gasteiger partial charge in [0, 0.05) is 6.42 Å². The molecule has 0 amide bonds. The number of carbonyl (C=O) groups excluding carboxylic acids is 1. The minimum atomic E-state index is -7.98. The maximum absolute atomic E-state index is 13.5. The first kappa shape index (κ1) is 27.8. The highest BCUT2D eigenvalue weighted by Gasteiger charge is 2.91. The van der Waals surface area contributed by atoms with Crippen molar-refractivity contribution in [1.29, 1.82) is 0 Å². The van der Waals surface area contributed by atoms with E-state index in [0.29, 0.717) is 19.3 Å². The van der Waals surface area contributed by atoms with Gasteiger partial charge in [-0.05, 0) is 6.42 Å². The number of unbranched alkanes of at least 4 members (excludes halogenated alkanes) is 5. The Morgan fingerprint density at radius 2 is 0.931 bits per heavy atom. The first-order valence-corrected chi connectivity index (χ1v) is 8.22. The molecule has 0 fully saturated rings. The molecule has 0 rings (SSSR count). The molecule has 0 aliphatic heterocycles. The average Bonchev–Trinajstić information content (AvgIpc) is 2.55. The van der Waals surface area contributed by atoms with E-state index in [1.807, 2.05) is 6.92 Å². The molecule has 0 saturated carbocycles. The van der Waals surface area contributed by atoms with Crippen molar-refractivity contribution in [2.45, 2.75) is 87.7 Å². The van der Waals surface area contributed by atoms with Crippen LogP contribution in [0.25, 0.3) is 0 Å². The largest absolute Gasteiger partial charge is 0.460 e. The Labute approximate surface area is 156 Å². The third kappa shape index (κ3) is 4.92. The van der Waals surface area contributed by atoms with Gasteiger partial charge < -0.3 is 0 Å². The zero-order chi connectivity index (χ0) is 23.5. The predicted octanol–water partition coefficient (Wildman–Crippen LogP) is 7.04. The molecule has 0 aromatic carbocycles. The highest BCUT2D eigenvalue weighted by Crippen LogP contribution is 2.60. The minimum absolute atomic E-state index is 0.00604. The van der Waals surface area contributed by atoms with Crippen LogP contribution in [0.3, 0.4) is 0 Å². The number of hydrogen-bond donors (Lipinski definition) is 0. The molecule has 0 radical (unpaired) electrons. The van der Waals surface area contributed by atoms with Crippen LogP contribution in [0, 0.1) is 0 Å². The average molecular weight is 460 g/mol. The van der Waals surface area contributed by atoms with Crippen molar-refractivity contribution in [3.63, 3.8) is 0 Å². The molecule has 0 unspecified atom stereocenters. The summed E-state index contributed by atoms with van der Waals surface area (Å²) in [6, 6.07) is 0. The monoisotopic (exact) mass is 460 g/mol. The number of ketones is 1. The molecule has 1 nitrogen and oxygen atoms in total. The molecule has 0 spiro atoms. The maximum atomic E-state index is 13.5. The highest BCUT2D eigenvalue weighted by molar-refractivity contribution is 5.87. The van der Waals surface area contributed by atoms with E-state index in [1.54, 1.807) is 0 Å². The van der Waals surface area contributed by atoms with E-state index in [2.05, 4.69) is 0 Å². The SMILES string of the molecule is CCCCCCCCC(=O)C(F)(F)C(F)(F)C(F)(F)C(F)(F)C(F)(F)C(F)(F)F. The lowest BCUT2D eigenvalue weighted by atomic mass is 9.90. The van der Waals surface area contributed by atoms with Gasteiger partial charge in [-0.1, -0.05) is 39.0 Å². The molecule has 0 bridgehead atoms. The van der Waals surface area contributed by atoms with Crippen molar-refractivity contribution in [3.05, 3.63) is 0 Å². The Hall–Kier alpha value is -1.24. The summed E-state index contributed by atoms with van der Waals surface area (Å²) in [6.07, 6.45) is -7.12. The number of rotatable bonds is 12. The fourth-order valence-corrected chi connectivity index (χ4v) is 2.17. The van der Waals surface area contributed by atoms with Crippen LogP contribution in [0.4, 0.5) is 57.1 Å². The van der Waals surface area contributed by atoms with Crippen LogP contribution in [0.1, 0.15) is 51.9 Å². The van der Waals surface area contributed by atoms with Crippen LogP contribution in [0.2, 0.25) is 0 Å². The number of alkyl halides is 13. The van der Waals surface area contributed by atoms with Gasteiger partial charge in [-0.25, -0.2) is 0 Å². The molecule has 174 valence electrons. The van der Waals surface area contributed by atoms with Gasteiger partial charge >= 0.3 is 35.8 Å². The predicted molar refractivity (Wildman–Crippen MR) is 73.8 cm³/mol. The Bertz CT molecular complexity index is 551. The lowest BCUT2D eigenvalue weighted by Gasteiger charge is -2.39. The van der Waals surface area contributed by atoms with E-state index in [4.69, 9.17) is 0 Å². The number of Topliss-reactive ketones (excluding diaryl/α,β-unsaturated/α-hetero) is 1. The van der Waals surface area contributed by atoms with Gasteiger partial charge in [0.2, 0.25) is 5.78 Å². The molecule has 0 N–H and O–H groups in total. The van der Waals surface area contributed by atoms with Gasteiger partial charge in [-0.3, -0.25) is 4.79 Å². The van der Waals surface area contributed by atoms with Gasteiger partial charge in [0.1, 0.15) is 0 Å². The quantitative estimate of drug-likeness (QED) is 0.226. The van der Waals surface area contributed by atoms with Crippen LogP contribution in [0.15, 0.2) is 0 Å². The summed E-state index contributed by atoms with van der Waals surface area (Å²) < 4.78 is 168. The molecular formula is C15H17F13O. The van der Waals surface area contributed by atoms with Gasteiger partial charge in [0.25, 0.3) is 0 Å². The lowest BCUT2D eigenvalue weighted by Crippen LogP contribution is -2.71. The fourth-order valence-electron chi connectivity index (χ4n) is 2.17. The van der Waals surface area contributed by atoms with Gasteiger partial charge in [-0.2, -0.15) is 57.1 Å². The highest BCUT2D eigenvalue weighted by atomic mass is 19.4. The summed E-state index contributed by atoms with van der Waals surface area (Å²) in [4.78, 5) is 11.2.